The number of anilines is 1. The molecule has 84 valence electrons. The Balaban J connectivity index is 2.10. The van der Waals surface area contributed by atoms with E-state index < -0.39 is 0 Å². The molecule has 0 aliphatic heterocycles. The molecule has 0 aliphatic rings. The molecule has 0 bridgehead atoms. The molecule has 3 rings (SSSR count). The predicted molar refractivity (Wildman–Crippen MR) is 66.9 cm³/mol. The lowest BCUT2D eigenvalue weighted by Gasteiger charge is -2.03. The Bertz CT molecular complexity index is 612. The second kappa shape index (κ2) is 3.99. The molecule has 3 aromatic rings. The van der Waals surface area contributed by atoms with Crippen LogP contribution < -0.4 is 5.73 Å². The monoisotopic (exact) mass is 243 g/mol. The molecule has 17 heavy (non-hydrogen) atoms. The van der Waals surface area contributed by atoms with Crippen molar-refractivity contribution in [3.8, 4) is 16.5 Å². The lowest BCUT2D eigenvalue weighted by Crippen LogP contribution is -1.95. The smallest absolute Gasteiger partial charge is 0.214 e. The molecule has 1 aromatic carbocycles. The molecule has 0 saturated carbocycles. The maximum atomic E-state index is 5.67. The highest BCUT2D eigenvalue weighted by Gasteiger charge is 2.09. The van der Waals surface area contributed by atoms with Crippen molar-refractivity contribution in [1.82, 2.24) is 18.9 Å². The molecule has 0 spiro atoms. The van der Waals surface area contributed by atoms with Gasteiger partial charge < -0.3 is 5.73 Å². The van der Waals surface area contributed by atoms with Gasteiger partial charge in [-0.15, -0.1) is 0 Å². The summed E-state index contributed by atoms with van der Waals surface area (Å²) in [4.78, 5) is 8.50. The number of hydrogen-bond acceptors (Lipinski definition) is 5. The molecule has 5 nitrogen and oxygen atoms in total. The summed E-state index contributed by atoms with van der Waals surface area (Å²) < 4.78 is 5.89. The number of aromatic nitrogens is 4. The zero-order valence-electron chi connectivity index (χ0n) is 8.82. The quantitative estimate of drug-likeness (QED) is 0.699. The van der Waals surface area contributed by atoms with Crippen molar-refractivity contribution in [3.05, 3.63) is 43.0 Å². The van der Waals surface area contributed by atoms with Gasteiger partial charge >= 0.3 is 0 Å². The van der Waals surface area contributed by atoms with E-state index in [0.29, 0.717) is 0 Å². The number of rotatable bonds is 2. The maximum Gasteiger partial charge on any atom is 0.214 e. The van der Waals surface area contributed by atoms with E-state index in [1.807, 2.05) is 35.0 Å². The largest absolute Gasteiger partial charge is 0.399 e. The van der Waals surface area contributed by atoms with E-state index >= 15 is 0 Å². The fraction of sp³-hybridized carbons (Fsp3) is 0. The average Bonchev–Trinajstić information content (AvgIpc) is 3.00. The zero-order valence-corrected chi connectivity index (χ0v) is 9.63. The van der Waals surface area contributed by atoms with Gasteiger partial charge in [-0.3, -0.25) is 4.57 Å². The van der Waals surface area contributed by atoms with Crippen LogP contribution in [0.1, 0.15) is 0 Å². The van der Waals surface area contributed by atoms with Gasteiger partial charge in [-0.2, -0.15) is 4.37 Å². The summed E-state index contributed by atoms with van der Waals surface area (Å²) in [6, 6.07) is 7.59. The minimum absolute atomic E-state index is 0.739. The van der Waals surface area contributed by atoms with Gasteiger partial charge in [-0.05, 0) is 24.3 Å². The predicted octanol–water partition coefficient (Wildman–Crippen LogP) is 1.97. The highest BCUT2D eigenvalue weighted by molar-refractivity contribution is 7.07. The standard InChI is InChI=1S/C11H9N5S/c12-9-3-1-8(2-4-9)10-13-5-6-16(10)11-14-7-15-17-11/h1-7H,12H2. The Hall–Kier alpha value is -2.21. The van der Waals surface area contributed by atoms with E-state index in [4.69, 9.17) is 5.73 Å². The average molecular weight is 243 g/mol. The van der Waals surface area contributed by atoms with Crippen LogP contribution in [0.15, 0.2) is 43.0 Å². The Morgan fingerprint density at radius 3 is 2.65 bits per heavy atom. The van der Waals surface area contributed by atoms with E-state index in [9.17, 15) is 0 Å². The summed E-state index contributed by atoms with van der Waals surface area (Å²) >= 11 is 1.33. The fourth-order valence-electron chi connectivity index (χ4n) is 1.58. The van der Waals surface area contributed by atoms with Crippen LogP contribution in [0, 0.1) is 0 Å². The molecule has 0 fully saturated rings. The number of nitrogen functional groups attached to an aromatic ring is 1. The van der Waals surface area contributed by atoms with Crippen molar-refractivity contribution in [2.75, 3.05) is 5.73 Å². The topological polar surface area (TPSA) is 69.6 Å². The number of imidazole rings is 1. The zero-order chi connectivity index (χ0) is 11.7. The minimum atomic E-state index is 0.739. The third kappa shape index (κ3) is 1.78. The van der Waals surface area contributed by atoms with Crippen molar-refractivity contribution in [1.29, 1.82) is 0 Å². The van der Waals surface area contributed by atoms with Crippen molar-refractivity contribution in [2.45, 2.75) is 0 Å². The van der Waals surface area contributed by atoms with E-state index in [-0.39, 0.29) is 0 Å². The van der Waals surface area contributed by atoms with Gasteiger partial charge in [0.05, 0.1) is 0 Å². The second-order valence-electron chi connectivity index (χ2n) is 3.47. The Morgan fingerprint density at radius 1 is 1.12 bits per heavy atom. The summed E-state index contributed by atoms with van der Waals surface area (Å²) in [7, 11) is 0. The number of nitrogens with zero attached hydrogens (tertiary/aromatic N) is 4. The molecule has 6 heteroatoms. The second-order valence-corrected chi connectivity index (χ2v) is 4.23. The SMILES string of the molecule is Nc1ccc(-c2nccn2-c2ncns2)cc1. The molecule has 0 aliphatic carbocycles. The number of benzene rings is 1. The summed E-state index contributed by atoms with van der Waals surface area (Å²) in [5.74, 6) is 0.835. The van der Waals surface area contributed by atoms with Crippen LogP contribution in [0.2, 0.25) is 0 Å². The molecular weight excluding hydrogens is 234 g/mol. The molecule has 2 heterocycles. The Kier molecular flexibility index (Phi) is 2.34. The van der Waals surface area contributed by atoms with Crippen molar-refractivity contribution in [3.63, 3.8) is 0 Å². The first-order chi connectivity index (χ1) is 8.34. The summed E-state index contributed by atoms with van der Waals surface area (Å²) in [6.07, 6.45) is 5.14. The number of hydrogen-bond donors (Lipinski definition) is 1. The van der Waals surface area contributed by atoms with Crippen molar-refractivity contribution < 1.29 is 0 Å². The third-order valence-electron chi connectivity index (χ3n) is 2.37. The van der Waals surface area contributed by atoms with Gasteiger partial charge in [0, 0.05) is 35.2 Å². The summed E-state index contributed by atoms with van der Waals surface area (Å²) in [5, 5.41) is 0.800. The van der Waals surface area contributed by atoms with Crippen LogP contribution >= 0.6 is 11.5 Å². The van der Waals surface area contributed by atoms with E-state index in [0.717, 1.165) is 22.2 Å². The van der Waals surface area contributed by atoms with Crippen LogP contribution in [0.3, 0.4) is 0 Å². The first-order valence-electron chi connectivity index (χ1n) is 5.01. The summed E-state index contributed by atoms with van der Waals surface area (Å²) in [6.45, 7) is 0. The van der Waals surface area contributed by atoms with Gasteiger partial charge in [0.2, 0.25) is 5.13 Å². The van der Waals surface area contributed by atoms with Crippen LogP contribution in [0.4, 0.5) is 5.69 Å². The molecule has 0 saturated heterocycles. The van der Waals surface area contributed by atoms with Gasteiger partial charge in [0.1, 0.15) is 12.2 Å². The lowest BCUT2D eigenvalue weighted by atomic mass is 10.2. The van der Waals surface area contributed by atoms with Crippen LogP contribution in [-0.4, -0.2) is 18.9 Å². The highest BCUT2D eigenvalue weighted by Crippen LogP contribution is 2.22. The van der Waals surface area contributed by atoms with Gasteiger partial charge in [0.15, 0.2) is 0 Å². The fourth-order valence-corrected chi connectivity index (χ4v) is 2.10. The normalized spacial score (nSPS) is 10.6. The van der Waals surface area contributed by atoms with E-state index in [1.54, 1.807) is 6.20 Å². The first-order valence-corrected chi connectivity index (χ1v) is 5.78. The van der Waals surface area contributed by atoms with E-state index in [2.05, 4.69) is 14.3 Å². The van der Waals surface area contributed by atoms with Crippen LogP contribution in [0.5, 0.6) is 0 Å². The van der Waals surface area contributed by atoms with Gasteiger partial charge in [-0.1, -0.05) is 0 Å². The molecule has 0 atom stereocenters. The Morgan fingerprint density at radius 2 is 1.94 bits per heavy atom. The molecule has 2 N–H and O–H groups in total. The molecular formula is C11H9N5S. The molecule has 0 amide bonds. The summed E-state index contributed by atoms with van der Waals surface area (Å²) in [5.41, 5.74) is 7.40. The molecule has 2 aromatic heterocycles. The number of nitrogens with two attached hydrogens (primary N) is 1. The van der Waals surface area contributed by atoms with E-state index in [1.165, 1.54) is 17.9 Å². The van der Waals surface area contributed by atoms with Crippen molar-refractivity contribution >= 4 is 17.2 Å². The minimum Gasteiger partial charge on any atom is -0.399 e. The van der Waals surface area contributed by atoms with Gasteiger partial charge in [-0.25, -0.2) is 9.97 Å². The first kappa shape index (κ1) is 9.98. The van der Waals surface area contributed by atoms with Crippen LogP contribution in [-0.2, 0) is 0 Å². The van der Waals surface area contributed by atoms with Crippen LogP contribution in [0.25, 0.3) is 16.5 Å². The molecule has 0 radical (unpaired) electrons. The third-order valence-corrected chi connectivity index (χ3v) is 3.03. The molecule has 0 unspecified atom stereocenters. The Labute approximate surface area is 102 Å². The van der Waals surface area contributed by atoms with Gasteiger partial charge in [0.25, 0.3) is 0 Å². The highest BCUT2D eigenvalue weighted by atomic mass is 32.1. The van der Waals surface area contributed by atoms with Crippen molar-refractivity contribution in [2.24, 2.45) is 0 Å². The lowest BCUT2D eigenvalue weighted by molar-refractivity contribution is 1.04. The maximum absolute atomic E-state index is 5.67.